The van der Waals surface area contributed by atoms with Gasteiger partial charge in [0, 0.05) is 37.6 Å². The Morgan fingerprint density at radius 3 is 2.54 bits per heavy atom. The number of hydrogen-bond acceptors (Lipinski definition) is 5. The van der Waals surface area contributed by atoms with Gasteiger partial charge < -0.3 is 4.42 Å². The number of para-hydroxylation sites is 2. The van der Waals surface area contributed by atoms with E-state index in [-0.39, 0.29) is 5.76 Å². The third-order valence-corrected chi connectivity index (χ3v) is 6.00. The standard InChI is InChI=1S/C17H18BrN3O2S/c18-16-6-5-13(24-16)11-19-7-9-20(10-8-19)12-21-14-3-1-2-4-15(14)23-17(21)22/h1-6H,7-12H2. The van der Waals surface area contributed by atoms with Crippen LogP contribution in [0.4, 0.5) is 0 Å². The van der Waals surface area contributed by atoms with Crippen molar-refractivity contribution in [3.05, 3.63) is 55.6 Å². The van der Waals surface area contributed by atoms with Gasteiger partial charge in [0.25, 0.3) is 0 Å². The maximum absolute atomic E-state index is 12.1. The number of rotatable bonds is 4. The van der Waals surface area contributed by atoms with Gasteiger partial charge in [-0.2, -0.15) is 0 Å². The van der Waals surface area contributed by atoms with Crippen molar-refractivity contribution in [1.82, 2.24) is 14.4 Å². The number of oxazole rings is 1. The summed E-state index contributed by atoms with van der Waals surface area (Å²) in [5.41, 5.74) is 1.53. The van der Waals surface area contributed by atoms with E-state index in [1.54, 1.807) is 15.9 Å². The number of fused-ring (bicyclic) bond motifs is 1. The van der Waals surface area contributed by atoms with E-state index >= 15 is 0 Å². The average Bonchev–Trinajstić information content (AvgIpc) is 3.13. The Bertz CT molecular complexity index is 893. The van der Waals surface area contributed by atoms with Crippen molar-refractivity contribution in [1.29, 1.82) is 0 Å². The van der Waals surface area contributed by atoms with Gasteiger partial charge in [-0.1, -0.05) is 12.1 Å². The zero-order chi connectivity index (χ0) is 16.5. The third-order valence-electron chi connectivity index (χ3n) is 4.39. The van der Waals surface area contributed by atoms with E-state index < -0.39 is 0 Å². The van der Waals surface area contributed by atoms with Crippen molar-refractivity contribution in [3.63, 3.8) is 0 Å². The molecule has 1 aromatic carbocycles. The first-order valence-electron chi connectivity index (χ1n) is 7.96. The number of thiophene rings is 1. The van der Waals surface area contributed by atoms with Crippen LogP contribution in [0, 0.1) is 0 Å². The summed E-state index contributed by atoms with van der Waals surface area (Å²) in [6, 6.07) is 11.9. The van der Waals surface area contributed by atoms with Crippen molar-refractivity contribution in [2.24, 2.45) is 0 Å². The van der Waals surface area contributed by atoms with Crippen LogP contribution in [0.25, 0.3) is 11.1 Å². The molecule has 0 aliphatic carbocycles. The molecule has 0 saturated carbocycles. The second-order valence-corrected chi connectivity index (χ2v) is 8.55. The summed E-state index contributed by atoms with van der Waals surface area (Å²) in [7, 11) is 0. The molecule has 5 nitrogen and oxygen atoms in total. The molecule has 1 aliphatic heterocycles. The third kappa shape index (κ3) is 3.35. The molecule has 1 saturated heterocycles. The second kappa shape index (κ2) is 6.84. The fourth-order valence-electron chi connectivity index (χ4n) is 3.09. The summed E-state index contributed by atoms with van der Waals surface area (Å²) in [5.74, 6) is -0.276. The second-order valence-electron chi connectivity index (χ2n) is 6.01. The molecular weight excluding hydrogens is 390 g/mol. The Balaban J connectivity index is 1.39. The molecule has 1 fully saturated rings. The molecule has 4 rings (SSSR count). The Labute approximate surface area is 152 Å². The van der Waals surface area contributed by atoms with Crippen LogP contribution in [-0.4, -0.2) is 40.5 Å². The maximum Gasteiger partial charge on any atom is 0.421 e. The summed E-state index contributed by atoms with van der Waals surface area (Å²) < 4.78 is 8.22. The van der Waals surface area contributed by atoms with Crippen molar-refractivity contribution in [3.8, 4) is 0 Å². The zero-order valence-electron chi connectivity index (χ0n) is 13.2. The van der Waals surface area contributed by atoms with E-state index in [4.69, 9.17) is 4.42 Å². The molecule has 0 atom stereocenters. The Hall–Kier alpha value is -1.41. The zero-order valence-corrected chi connectivity index (χ0v) is 15.6. The van der Waals surface area contributed by atoms with E-state index in [0.29, 0.717) is 12.3 Å². The van der Waals surface area contributed by atoms with Gasteiger partial charge in [-0.25, -0.2) is 4.79 Å². The summed E-state index contributed by atoms with van der Waals surface area (Å²) in [4.78, 5) is 18.2. The number of aromatic nitrogens is 1. The maximum atomic E-state index is 12.1. The SMILES string of the molecule is O=c1oc2ccccc2n1CN1CCN(Cc2ccc(Br)s2)CC1. The minimum absolute atomic E-state index is 0.276. The average molecular weight is 408 g/mol. The highest BCUT2D eigenvalue weighted by Crippen LogP contribution is 2.23. The minimum atomic E-state index is -0.276. The van der Waals surface area contributed by atoms with Crippen molar-refractivity contribution in [2.45, 2.75) is 13.2 Å². The highest BCUT2D eigenvalue weighted by atomic mass is 79.9. The lowest BCUT2D eigenvalue weighted by Crippen LogP contribution is -2.46. The predicted octanol–water partition coefficient (Wildman–Crippen LogP) is 3.19. The first kappa shape index (κ1) is 16.1. The Morgan fingerprint density at radius 2 is 1.79 bits per heavy atom. The largest absolute Gasteiger partial charge is 0.421 e. The molecule has 2 aromatic heterocycles. The van der Waals surface area contributed by atoms with Gasteiger partial charge in [0.1, 0.15) is 0 Å². The molecule has 7 heteroatoms. The molecular formula is C17H18BrN3O2S. The van der Waals surface area contributed by atoms with Crippen LogP contribution < -0.4 is 5.76 Å². The van der Waals surface area contributed by atoms with Crippen LogP contribution >= 0.6 is 27.3 Å². The van der Waals surface area contributed by atoms with Gasteiger partial charge >= 0.3 is 5.76 Å². The van der Waals surface area contributed by atoms with Crippen molar-refractivity contribution in [2.75, 3.05) is 26.2 Å². The van der Waals surface area contributed by atoms with Crippen LogP contribution in [0.15, 0.2) is 49.4 Å². The number of halogens is 1. The van der Waals surface area contributed by atoms with Crippen LogP contribution in [0.2, 0.25) is 0 Å². The first-order chi connectivity index (χ1) is 11.7. The molecule has 0 bridgehead atoms. The Kier molecular flexibility index (Phi) is 4.58. The fourth-order valence-corrected chi connectivity index (χ4v) is 4.62. The molecule has 3 heterocycles. The van der Waals surface area contributed by atoms with E-state index in [0.717, 1.165) is 38.2 Å². The summed E-state index contributed by atoms with van der Waals surface area (Å²) in [5, 5.41) is 0. The predicted molar refractivity (Wildman–Crippen MR) is 99.3 cm³/mol. The Morgan fingerprint density at radius 1 is 1.04 bits per heavy atom. The highest BCUT2D eigenvalue weighted by Gasteiger charge is 2.19. The van der Waals surface area contributed by atoms with Crippen LogP contribution in [0.3, 0.4) is 0 Å². The normalized spacial score (nSPS) is 16.9. The van der Waals surface area contributed by atoms with Crippen LogP contribution in [-0.2, 0) is 13.2 Å². The van der Waals surface area contributed by atoms with Gasteiger partial charge in [-0.3, -0.25) is 14.4 Å². The van der Waals surface area contributed by atoms with Crippen molar-refractivity contribution < 1.29 is 4.42 Å². The van der Waals surface area contributed by atoms with Gasteiger partial charge in [-0.15, -0.1) is 11.3 Å². The van der Waals surface area contributed by atoms with Crippen LogP contribution in [0.1, 0.15) is 4.88 Å². The fraction of sp³-hybridized carbons (Fsp3) is 0.353. The molecule has 1 aliphatic rings. The van der Waals surface area contributed by atoms with Gasteiger partial charge in [0.2, 0.25) is 0 Å². The molecule has 24 heavy (non-hydrogen) atoms. The molecule has 3 aromatic rings. The quantitative estimate of drug-likeness (QED) is 0.665. The number of hydrogen-bond donors (Lipinski definition) is 0. The molecule has 0 unspecified atom stereocenters. The number of nitrogens with zero attached hydrogens (tertiary/aromatic N) is 3. The first-order valence-corrected chi connectivity index (χ1v) is 9.57. The minimum Gasteiger partial charge on any atom is -0.408 e. The van der Waals surface area contributed by atoms with E-state index in [2.05, 4.69) is 37.9 Å². The topological polar surface area (TPSA) is 41.6 Å². The summed E-state index contributed by atoms with van der Waals surface area (Å²) >= 11 is 5.31. The summed E-state index contributed by atoms with van der Waals surface area (Å²) in [6.07, 6.45) is 0. The molecule has 126 valence electrons. The number of piperazine rings is 1. The highest BCUT2D eigenvalue weighted by molar-refractivity contribution is 9.11. The molecule has 0 N–H and O–H groups in total. The van der Waals surface area contributed by atoms with Gasteiger partial charge in [0.05, 0.1) is 16.0 Å². The van der Waals surface area contributed by atoms with E-state index in [1.165, 1.54) is 8.66 Å². The lowest BCUT2D eigenvalue weighted by atomic mass is 10.3. The molecule has 0 spiro atoms. The molecule has 0 amide bonds. The number of benzene rings is 1. The van der Waals surface area contributed by atoms with E-state index in [1.807, 2.05) is 24.3 Å². The monoisotopic (exact) mass is 407 g/mol. The van der Waals surface area contributed by atoms with E-state index in [9.17, 15) is 4.79 Å². The van der Waals surface area contributed by atoms with Gasteiger partial charge in [-0.05, 0) is 40.2 Å². The molecule has 0 radical (unpaired) electrons. The van der Waals surface area contributed by atoms with Gasteiger partial charge in [0.15, 0.2) is 5.58 Å². The van der Waals surface area contributed by atoms with Crippen LogP contribution in [0.5, 0.6) is 0 Å². The lowest BCUT2D eigenvalue weighted by Gasteiger charge is -2.34. The smallest absolute Gasteiger partial charge is 0.408 e. The summed E-state index contributed by atoms with van der Waals surface area (Å²) in [6.45, 7) is 5.53. The van der Waals surface area contributed by atoms with Crippen molar-refractivity contribution >= 4 is 38.4 Å². The lowest BCUT2D eigenvalue weighted by molar-refractivity contribution is 0.102.